The van der Waals surface area contributed by atoms with E-state index in [4.69, 9.17) is 0 Å². The zero-order chi connectivity index (χ0) is 6.27. The van der Waals surface area contributed by atoms with Crippen LogP contribution in [0.2, 0.25) is 0 Å². The molecular weight excluding hydrogens is 150 g/mol. The Balaban J connectivity index is 0.000000500. The van der Waals surface area contributed by atoms with Crippen LogP contribution in [0.1, 0.15) is 19.3 Å². The molecule has 0 radical (unpaired) electrons. The van der Waals surface area contributed by atoms with Crippen molar-refractivity contribution in [3.8, 4) is 0 Å². The van der Waals surface area contributed by atoms with Gasteiger partial charge in [0.25, 0.3) is 0 Å². The molecule has 0 aromatic rings. The van der Waals surface area contributed by atoms with E-state index in [1.54, 1.807) is 0 Å². The average Bonchev–Trinajstić information content (AvgIpc) is 2.58. The van der Waals surface area contributed by atoms with Crippen LogP contribution in [0.15, 0.2) is 0 Å². The molecule has 2 nitrogen and oxygen atoms in total. The van der Waals surface area contributed by atoms with Gasteiger partial charge in [0, 0.05) is 6.04 Å². The summed E-state index contributed by atoms with van der Waals surface area (Å²) in [7, 11) is 0. The Morgan fingerprint density at radius 2 is 1.90 bits per heavy atom. The van der Waals surface area contributed by atoms with E-state index in [2.05, 4.69) is 5.32 Å². The Bertz CT molecular complexity index is 116. The molecule has 0 amide bonds. The van der Waals surface area contributed by atoms with Crippen molar-refractivity contribution in [1.29, 1.82) is 0 Å². The van der Waals surface area contributed by atoms with E-state index >= 15 is 0 Å². The summed E-state index contributed by atoms with van der Waals surface area (Å²) in [4.78, 5) is 0. The summed E-state index contributed by atoms with van der Waals surface area (Å²) >= 11 is 0. The fourth-order valence-electron chi connectivity index (χ4n) is 1.65. The fraction of sp³-hybridized carbons (Fsp3) is 1.00. The smallest absolute Gasteiger partial charge is 0.0708 e. The molecule has 1 aliphatic heterocycles. The van der Waals surface area contributed by atoms with Crippen LogP contribution in [-0.2, 0) is 0 Å². The first-order chi connectivity index (χ1) is 4.38. The van der Waals surface area contributed by atoms with E-state index in [0.717, 1.165) is 18.9 Å². The molecule has 1 aliphatic carbocycles. The first-order valence-electron chi connectivity index (χ1n) is 3.79. The number of hydrogen-bond acceptors (Lipinski definition) is 2. The SMILES string of the molecule is Cl.OC1CCNC1C1CC1. The average molecular weight is 164 g/mol. The third-order valence-electron chi connectivity index (χ3n) is 2.36. The van der Waals surface area contributed by atoms with Crippen LogP contribution < -0.4 is 5.32 Å². The molecule has 2 atom stereocenters. The summed E-state index contributed by atoms with van der Waals surface area (Å²) in [6, 6.07) is 0.449. The molecular formula is C7H14ClNO. The molecule has 2 N–H and O–H groups in total. The maximum Gasteiger partial charge on any atom is 0.0708 e. The van der Waals surface area contributed by atoms with E-state index in [1.807, 2.05) is 0 Å². The highest BCUT2D eigenvalue weighted by atomic mass is 35.5. The molecule has 1 saturated carbocycles. The summed E-state index contributed by atoms with van der Waals surface area (Å²) in [5, 5.41) is 12.7. The molecule has 0 aromatic carbocycles. The second kappa shape index (κ2) is 3.07. The minimum atomic E-state index is -0.0440. The third kappa shape index (κ3) is 1.44. The summed E-state index contributed by atoms with van der Waals surface area (Å²) in [6.07, 6.45) is 3.57. The lowest BCUT2D eigenvalue weighted by atomic mass is 10.1. The predicted molar refractivity (Wildman–Crippen MR) is 42.4 cm³/mol. The highest BCUT2D eigenvalue weighted by Crippen LogP contribution is 2.35. The highest BCUT2D eigenvalue weighted by molar-refractivity contribution is 5.85. The van der Waals surface area contributed by atoms with Crippen LogP contribution in [0.25, 0.3) is 0 Å². The zero-order valence-corrected chi connectivity index (χ0v) is 6.73. The summed E-state index contributed by atoms with van der Waals surface area (Å²) < 4.78 is 0. The molecule has 60 valence electrons. The quantitative estimate of drug-likeness (QED) is 0.592. The van der Waals surface area contributed by atoms with Gasteiger partial charge in [0.1, 0.15) is 0 Å². The van der Waals surface area contributed by atoms with Gasteiger partial charge in [0.15, 0.2) is 0 Å². The number of halogens is 1. The Morgan fingerprint density at radius 1 is 1.20 bits per heavy atom. The van der Waals surface area contributed by atoms with Gasteiger partial charge in [-0.05, 0) is 31.7 Å². The molecule has 1 saturated heterocycles. The predicted octanol–water partition coefficient (Wildman–Crippen LogP) is 0.541. The van der Waals surface area contributed by atoms with Crippen molar-refractivity contribution in [2.24, 2.45) is 5.92 Å². The lowest BCUT2D eigenvalue weighted by Gasteiger charge is -2.12. The minimum absolute atomic E-state index is 0. The van der Waals surface area contributed by atoms with E-state index in [9.17, 15) is 5.11 Å². The van der Waals surface area contributed by atoms with Crippen LogP contribution in [0.3, 0.4) is 0 Å². The zero-order valence-electron chi connectivity index (χ0n) is 5.92. The summed E-state index contributed by atoms with van der Waals surface area (Å²) in [5.41, 5.74) is 0. The Hall–Kier alpha value is 0.210. The molecule has 2 aliphatic rings. The molecule has 10 heavy (non-hydrogen) atoms. The summed E-state index contributed by atoms with van der Waals surface area (Å²) in [5.74, 6) is 0.808. The van der Waals surface area contributed by atoms with Crippen molar-refractivity contribution in [3.05, 3.63) is 0 Å². The number of hydrogen-bond donors (Lipinski definition) is 2. The maximum absolute atomic E-state index is 9.34. The number of nitrogens with one attached hydrogen (secondary N) is 1. The molecule has 2 unspecified atom stereocenters. The van der Waals surface area contributed by atoms with Gasteiger partial charge >= 0.3 is 0 Å². The topological polar surface area (TPSA) is 32.3 Å². The van der Waals surface area contributed by atoms with E-state index in [0.29, 0.717) is 6.04 Å². The van der Waals surface area contributed by atoms with Gasteiger partial charge < -0.3 is 10.4 Å². The molecule has 0 aromatic heterocycles. The van der Waals surface area contributed by atoms with E-state index in [-0.39, 0.29) is 18.5 Å². The van der Waals surface area contributed by atoms with Gasteiger partial charge in [0.05, 0.1) is 6.10 Å². The van der Waals surface area contributed by atoms with Gasteiger partial charge in [-0.3, -0.25) is 0 Å². The van der Waals surface area contributed by atoms with E-state index < -0.39 is 0 Å². The first kappa shape index (κ1) is 8.31. The fourth-order valence-corrected chi connectivity index (χ4v) is 1.65. The largest absolute Gasteiger partial charge is 0.391 e. The highest BCUT2D eigenvalue weighted by Gasteiger charge is 2.38. The van der Waals surface area contributed by atoms with Crippen LogP contribution in [0.5, 0.6) is 0 Å². The molecule has 1 heterocycles. The van der Waals surface area contributed by atoms with Crippen molar-refractivity contribution in [1.82, 2.24) is 5.32 Å². The second-order valence-corrected chi connectivity index (χ2v) is 3.17. The normalized spacial score (nSPS) is 39.3. The number of rotatable bonds is 1. The maximum atomic E-state index is 9.34. The van der Waals surface area contributed by atoms with Crippen molar-refractivity contribution in [3.63, 3.8) is 0 Å². The van der Waals surface area contributed by atoms with Crippen molar-refractivity contribution < 1.29 is 5.11 Å². The Labute approximate surface area is 67.4 Å². The van der Waals surface area contributed by atoms with Crippen molar-refractivity contribution in [2.75, 3.05) is 6.54 Å². The minimum Gasteiger partial charge on any atom is -0.391 e. The van der Waals surface area contributed by atoms with Gasteiger partial charge in [0.2, 0.25) is 0 Å². The van der Waals surface area contributed by atoms with Crippen LogP contribution in [0.4, 0.5) is 0 Å². The lowest BCUT2D eigenvalue weighted by molar-refractivity contribution is 0.150. The van der Waals surface area contributed by atoms with Crippen molar-refractivity contribution in [2.45, 2.75) is 31.4 Å². The second-order valence-electron chi connectivity index (χ2n) is 3.17. The molecule has 2 fully saturated rings. The monoisotopic (exact) mass is 163 g/mol. The van der Waals surface area contributed by atoms with Crippen LogP contribution >= 0.6 is 12.4 Å². The number of aliphatic hydroxyl groups excluding tert-OH is 1. The van der Waals surface area contributed by atoms with Gasteiger partial charge in [-0.2, -0.15) is 0 Å². The standard InChI is InChI=1S/C7H13NO.ClH/c9-6-3-4-8-7(6)5-1-2-5;/h5-9H,1-4H2;1H. The summed E-state index contributed by atoms with van der Waals surface area (Å²) in [6.45, 7) is 1.02. The molecule has 2 rings (SSSR count). The van der Waals surface area contributed by atoms with Crippen LogP contribution in [0, 0.1) is 5.92 Å². The lowest BCUT2D eigenvalue weighted by Crippen LogP contribution is -2.31. The molecule has 3 heteroatoms. The molecule has 0 bridgehead atoms. The Kier molecular flexibility index (Phi) is 2.55. The Morgan fingerprint density at radius 3 is 2.30 bits per heavy atom. The van der Waals surface area contributed by atoms with Gasteiger partial charge in [-0.1, -0.05) is 0 Å². The van der Waals surface area contributed by atoms with Gasteiger partial charge in [-0.25, -0.2) is 0 Å². The number of aliphatic hydroxyl groups is 1. The third-order valence-corrected chi connectivity index (χ3v) is 2.36. The van der Waals surface area contributed by atoms with Crippen molar-refractivity contribution >= 4 is 12.4 Å². The van der Waals surface area contributed by atoms with Crippen LogP contribution in [-0.4, -0.2) is 23.8 Å². The van der Waals surface area contributed by atoms with E-state index in [1.165, 1.54) is 12.8 Å². The molecule has 0 spiro atoms. The van der Waals surface area contributed by atoms with Gasteiger partial charge in [-0.15, -0.1) is 12.4 Å². The first-order valence-corrected chi connectivity index (χ1v) is 3.79.